The van der Waals surface area contributed by atoms with Crippen LogP contribution in [0.3, 0.4) is 0 Å². The quantitative estimate of drug-likeness (QED) is 0.889. The molecular formula is C15H19BrO4. The molecule has 5 heteroatoms. The second-order valence-corrected chi connectivity index (χ2v) is 6.09. The Balaban J connectivity index is 2.66. The highest BCUT2D eigenvalue weighted by Crippen LogP contribution is 2.47. The van der Waals surface area contributed by atoms with Crippen molar-refractivity contribution in [1.82, 2.24) is 0 Å². The Morgan fingerprint density at radius 2 is 2.00 bits per heavy atom. The molecule has 0 radical (unpaired) electrons. The third-order valence-electron chi connectivity index (χ3n) is 4.01. The number of ether oxygens (including phenoxy) is 2. The van der Waals surface area contributed by atoms with Crippen LogP contribution in [0, 0.1) is 0 Å². The molecule has 0 aromatic heterocycles. The van der Waals surface area contributed by atoms with Gasteiger partial charge >= 0.3 is 5.97 Å². The van der Waals surface area contributed by atoms with Crippen molar-refractivity contribution < 1.29 is 19.4 Å². The molecular weight excluding hydrogens is 324 g/mol. The van der Waals surface area contributed by atoms with E-state index < -0.39 is 11.4 Å². The number of rotatable bonds is 5. The number of hydrogen-bond acceptors (Lipinski definition) is 3. The summed E-state index contributed by atoms with van der Waals surface area (Å²) in [5, 5.41) is 9.79. The minimum Gasteiger partial charge on any atom is -0.496 e. The number of carboxylic acid groups (broad SMARTS) is 1. The zero-order valence-corrected chi connectivity index (χ0v) is 13.3. The summed E-state index contributed by atoms with van der Waals surface area (Å²) >= 11 is 3.44. The van der Waals surface area contributed by atoms with Gasteiger partial charge in [-0.1, -0.05) is 28.8 Å². The predicted molar refractivity (Wildman–Crippen MR) is 79.2 cm³/mol. The molecule has 1 aromatic carbocycles. The van der Waals surface area contributed by atoms with E-state index in [0.29, 0.717) is 25.2 Å². The van der Waals surface area contributed by atoms with E-state index in [-0.39, 0.29) is 0 Å². The molecule has 0 heterocycles. The molecule has 0 spiro atoms. The van der Waals surface area contributed by atoms with E-state index in [1.807, 2.05) is 12.1 Å². The minimum absolute atomic E-state index is 0.375. The minimum atomic E-state index is -0.847. The molecule has 1 aromatic rings. The van der Waals surface area contributed by atoms with Gasteiger partial charge in [-0.05, 0) is 30.5 Å². The van der Waals surface area contributed by atoms with Gasteiger partial charge in [-0.25, -0.2) is 0 Å². The number of halogens is 1. The van der Waals surface area contributed by atoms with Crippen molar-refractivity contribution in [3.05, 3.63) is 27.7 Å². The van der Waals surface area contributed by atoms with Crippen molar-refractivity contribution >= 4 is 21.9 Å². The number of methoxy groups -OCH3 is 2. The normalized spacial score (nSPS) is 17.1. The highest BCUT2D eigenvalue weighted by Gasteiger charge is 2.46. The van der Waals surface area contributed by atoms with E-state index in [4.69, 9.17) is 9.47 Å². The average molecular weight is 343 g/mol. The number of hydrogen-bond donors (Lipinski definition) is 1. The zero-order valence-electron chi connectivity index (χ0n) is 11.7. The third-order valence-corrected chi connectivity index (χ3v) is 4.47. The van der Waals surface area contributed by atoms with E-state index in [0.717, 1.165) is 28.4 Å². The van der Waals surface area contributed by atoms with Crippen LogP contribution in [-0.4, -0.2) is 25.3 Å². The van der Waals surface area contributed by atoms with E-state index in [2.05, 4.69) is 15.9 Å². The first-order valence-corrected chi connectivity index (χ1v) is 7.43. The van der Waals surface area contributed by atoms with Crippen molar-refractivity contribution in [3.63, 3.8) is 0 Å². The van der Waals surface area contributed by atoms with Crippen molar-refractivity contribution in [2.45, 2.75) is 37.7 Å². The molecule has 0 aliphatic heterocycles. The van der Waals surface area contributed by atoms with Crippen LogP contribution in [-0.2, 0) is 21.6 Å². The number of carboxylic acids is 1. The van der Waals surface area contributed by atoms with Crippen molar-refractivity contribution in [2.24, 2.45) is 0 Å². The van der Waals surface area contributed by atoms with Gasteiger partial charge in [0.25, 0.3) is 0 Å². The lowest BCUT2D eigenvalue weighted by Gasteiger charge is -2.29. The van der Waals surface area contributed by atoms with Crippen LogP contribution >= 0.6 is 15.9 Å². The van der Waals surface area contributed by atoms with Crippen LogP contribution in [0.1, 0.15) is 36.8 Å². The zero-order chi connectivity index (χ0) is 14.8. The summed E-state index contributed by atoms with van der Waals surface area (Å²) in [7, 11) is 3.19. The summed E-state index contributed by atoms with van der Waals surface area (Å²) in [6.45, 7) is 0.375. The fourth-order valence-corrected chi connectivity index (χ4v) is 3.64. The van der Waals surface area contributed by atoms with Crippen LogP contribution in [0.4, 0.5) is 0 Å². The maximum Gasteiger partial charge on any atom is 0.314 e. The van der Waals surface area contributed by atoms with Gasteiger partial charge in [0.15, 0.2) is 0 Å². The molecule has 0 atom stereocenters. The largest absolute Gasteiger partial charge is 0.496 e. The van der Waals surface area contributed by atoms with E-state index >= 15 is 0 Å². The van der Waals surface area contributed by atoms with E-state index in [1.54, 1.807) is 14.2 Å². The summed E-state index contributed by atoms with van der Waals surface area (Å²) in [6.07, 6.45) is 3.16. The van der Waals surface area contributed by atoms with Gasteiger partial charge in [0.1, 0.15) is 5.75 Å². The van der Waals surface area contributed by atoms with Crippen LogP contribution in [0.15, 0.2) is 16.6 Å². The molecule has 2 rings (SSSR count). The van der Waals surface area contributed by atoms with Crippen LogP contribution in [0.2, 0.25) is 0 Å². The molecule has 20 heavy (non-hydrogen) atoms. The summed E-state index contributed by atoms with van der Waals surface area (Å²) in [5.74, 6) is -0.149. The highest BCUT2D eigenvalue weighted by atomic mass is 79.9. The molecule has 0 amide bonds. The molecule has 1 N–H and O–H groups in total. The lowest BCUT2D eigenvalue weighted by atomic mass is 9.76. The Labute approximate surface area is 127 Å². The second kappa shape index (κ2) is 6.14. The summed E-state index contributed by atoms with van der Waals surface area (Å²) in [4.78, 5) is 11.9. The standard InChI is InChI=1S/C15H19BrO4/c1-19-9-10-7-11(16)8-12(20-2)13(10)15(14(17)18)5-3-4-6-15/h7-8H,3-6,9H2,1-2H3,(H,17,18). The lowest BCUT2D eigenvalue weighted by Crippen LogP contribution is -2.34. The molecule has 1 aliphatic rings. The fourth-order valence-electron chi connectivity index (χ4n) is 3.16. The van der Waals surface area contributed by atoms with Gasteiger partial charge in [-0.15, -0.1) is 0 Å². The molecule has 1 fully saturated rings. The van der Waals surface area contributed by atoms with E-state index in [1.165, 1.54) is 0 Å². The van der Waals surface area contributed by atoms with Crippen LogP contribution in [0.5, 0.6) is 5.75 Å². The van der Waals surface area contributed by atoms with Crippen molar-refractivity contribution in [2.75, 3.05) is 14.2 Å². The molecule has 0 unspecified atom stereocenters. The fraction of sp³-hybridized carbons (Fsp3) is 0.533. The Morgan fingerprint density at radius 1 is 1.35 bits per heavy atom. The Bertz CT molecular complexity index is 507. The van der Waals surface area contributed by atoms with Crippen LogP contribution < -0.4 is 4.74 Å². The summed E-state index contributed by atoms with van der Waals surface area (Å²) < 4.78 is 11.6. The Hall–Kier alpha value is -1.07. The average Bonchev–Trinajstić information content (AvgIpc) is 2.88. The predicted octanol–water partition coefficient (Wildman–Crippen LogP) is 3.50. The van der Waals surface area contributed by atoms with Crippen molar-refractivity contribution in [1.29, 1.82) is 0 Å². The smallest absolute Gasteiger partial charge is 0.314 e. The van der Waals surface area contributed by atoms with Crippen LogP contribution in [0.25, 0.3) is 0 Å². The summed E-state index contributed by atoms with van der Waals surface area (Å²) in [6, 6.07) is 3.75. The molecule has 1 saturated carbocycles. The Kier molecular flexibility index (Phi) is 4.70. The topological polar surface area (TPSA) is 55.8 Å². The van der Waals surface area contributed by atoms with Gasteiger partial charge in [0.05, 0.1) is 19.1 Å². The first-order valence-electron chi connectivity index (χ1n) is 6.64. The second-order valence-electron chi connectivity index (χ2n) is 5.17. The maximum absolute atomic E-state index is 11.9. The Morgan fingerprint density at radius 3 is 2.50 bits per heavy atom. The number of benzene rings is 1. The number of aliphatic carboxylic acids is 1. The van der Waals surface area contributed by atoms with Gasteiger partial charge in [-0.3, -0.25) is 4.79 Å². The van der Waals surface area contributed by atoms with Gasteiger partial charge in [-0.2, -0.15) is 0 Å². The SMILES string of the molecule is COCc1cc(Br)cc(OC)c1C1(C(=O)O)CCCC1. The van der Waals surface area contributed by atoms with E-state index in [9.17, 15) is 9.90 Å². The van der Waals surface area contributed by atoms with Crippen molar-refractivity contribution in [3.8, 4) is 5.75 Å². The third kappa shape index (κ3) is 2.56. The monoisotopic (exact) mass is 342 g/mol. The first kappa shape index (κ1) is 15.3. The maximum atomic E-state index is 11.9. The molecule has 0 saturated heterocycles. The molecule has 4 nitrogen and oxygen atoms in total. The molecule has 110 valence electrons. The van der Waals surface area contributed by atoms with Gasteiger partial charge in [0, 0.05) is 17.1 Å². The number of carbonyl (C=O) groups is 1. The first-order chi connectivity index (χ1) is 9.55. The highest BCUT2D eigenvalue weighted by molar-refractivity contribution is 9.10. The van der Waals surface area contributed by atoms with Gasteiger partial charge < -0.3 is 14.6 Å². The molecule has 1 aliphatic carbocycles. The molecule has 0 bridgehead atoms. The lowest BCUT2D eigenvalue weighted by molar-refractivity contribution is -0.143. The summed E-state index contributed by atoms with van der Waals surface area (Å²) in [5.41, 5.74) is 0.804. The van der Waals surface area contributed by atoms with Gasteiger partial charge in [0.2, 0.25) is 0 Å².